The highest BCUT2D eigenvalue weighted by Crippen LogP contribution is 2.40. The second-order valence-electron chi connectivity index (χ2n) is 3.07. The van der Waals surface area contributed by atoms with Crippen molar-refractivity contribution in [2.75, 3.05) is 0 Å². The van der Waals surface area contributed by atoms with E-state index in [0.717, 1.165) is 0 Å². The molecule has 0 saturated carbocycles. The Kier molecular flexibility index (Phi) is 1.93. The third-order valence-corrected chi connectivity index (χ3v) is 2.17. The largest absolute Gasteiger partial charge is 0.504 e. The summed E-state index contributed by atoms with van der Waals surface area (Å²) in [5, 5.41) is 30.4. The molecule has 2 rings (SSSR count). The minimum absolute atomic E-state index is 0.389. The van der Waals surface area contributed by atoms with Crippen molar-refractivity contribution in [3.05, 3.63) is 40.4 Å². The maximum absolute atomic E-state index is 10.6. The maximum atomic E-state index is 10.6. The first-order valence-corrected chi connectivity index (χ1v) is 4.19. The Bertz CT molecular complexity index is 550. The van der Waals surface area contributed by atoms with Crippen LogP contribution in [0.3, 0.4) is 0 Å². The summed E-state index contributed by atoms with van der Waals surface area (Å²) in [5.41, 5.74) is -0.494. The molecule has 0 bridgehead atoms. The third kappa shape index (κ3) is 1.34. The second-order valence-corrected chi connectivity index (χ2v) is 3.07. The zero-order chi connectivity index (χ0) is 11.0. The number of fused-ring (bicyclic) bond motifs is 1. The molecule has 0 atom stereocenters. The summed E-state index contributed by atoms with van der Waals surface area (Å²) in [6.07, 6.45) is 0. The zero-order valence-electron chi connectivity index (χ0n) is 7.54. The predicted molar refractivity (Wildman–Crippen MR) is 53.9 cm³/mol. The van der Waals surface area contributed by atoms with E-state index in [1.165, 1.54) is 6.07 Å². The minimum Gasteiger partial charge on any atom is -0.504 e. The summed E-state index contributed by atoms with van der Waals surface area (Å²) in [6, 6.07) is 7.80. The highest BCUT2D eigenvalue weighted by Gasteiger charge is 2.19. The monoisotopic (exact) mass is 205 g/mol. The molecular weight excluding hydrogens is 198 g/mol. The lowest BCUT2D eigenvalue weighted by Gasteiger charge is -2.03. The van der Waals surface area contributed by atoms with Gasteiger partial charge in [0.05, 0.1) is 4.92 Å². The van der Waals surface area contributed by atoms with Crippen LogP contribution in [0.4, 0.5) is 5.69 Å². The average molecular weight is 205 g/mol. The van der Waals surface area contributed by atoms with Gasteiger partial charge in [-0.3, -0.25) is 10.1 Å². The van der Waals surface area contributed by atoms with Gasteiger partial charge in [0.25, 0.3) is 0 Å². The third-order valence-electron chi connectivity index (χ3n) is 2.17. The van der Waals surface area contributed by atoms with Gasteiger partial charge < -0.3 is 10.2 Å². The van der Waals surface area contributed by atoms with Crippen LogP contribution in [-0.2, 0) is 0 Å². The molecule has 0 heterocycles. The first-order valence-electron chi connectivity index (χ1n) is 4.19. The van der Waals surface area contributed by atoms with Crippen LogP contribution in [0, 0.1) is 10.1 Å². The Morgan fingerprint density at radius 3 is 2.47 bits per heavy atom. The summed E-state index contributed by atoms with van der Waals surface area (Å²) in [7, 11) is 0. The van der Waals surface area contributed by atoms with Crippen LogP contribution in [-0.4, -0.2) is 15.1 Å². The van der Waals surface area contributed by atoms with Gasteiger partial charge in [0.1, 0.15) is 0 Å². The molecule has 2 N–H and O–H groups in total. The van der Waals surface area contributed by atoms with Gasteiger partial charge in [-0.15, -0.1) is 0 Å². The molecule has 0 fully saturated rings. The molecule has 76 valence electrons. The molecule has 0 amide bonds. The van der Waals surface area contributed by atoms with Gasteiger partial charge >= 0.3 is 5.69 Å². The number of rotatable bonds is 1. The molecule has 2 aromatic rings. The summed E-state index contributed by atoms with van der Waals surface area (Å²) >= 11 is 0. The fraction of sp³-hybridized carbons (Fsp3) is 0. The van der Waals surface area contributed by atoms with Gasteiger partial charge in [0.15, 0.2) is 5.75 Å². The fourth-order valence-corrected chi connectivity index (χ4v) is 1.44. The highest BCUT2D eigenvalue weighted by atomic mass is 16.6. The van der Waals surface area contributed by atoms with E-state index in [1.54, 1.807) is 24.3 Å². The van der Waals surface area contributed by atoms with Crippen LogP contribution in [0.25, 0.3) is 10.8 Å². The van der Waals surface area contributed by atoms with Crippen molar-refractivity contribution in [2.45, 2.75) is 0 Å². The van der Waals surface area contributed by atoms with Crippen molar-refractivity contribution in [1.82, 2.24) is 0 Å². The van der Waals surface area contributed by atoms with E-state index in [9.17, 15) is 20.3 Å². The van der Waals surface area contributed by atoms with Crippen LogP contribution in [0.2, 0.25) is 0 Å². The number of nitro groups is 1. The van der Waals surface area contributed by atoms with E-state index >= 15 is 0 Å². The number of hydrogen-bond donors (Lipinski definition) is 2. The summed E-state index contributed by atoms with van der Waals surface area (Å²) < 4.78 is 0. The van der Waals surface area contributed by atoms with Gasteiger partial charge in [0, 0.05) is 11.5 Å². The van der Waals surface area contributed by atoms with Crippen LogP contribution >= 0.6 is 0 Å². The van der Waals surface area contributed by atoms with E-state index in [2.05, 4.69) is 0 Å². The number of phenols is 2. The van der Waals surface area contributed by atoms with Crippen LogP contribution in [0.15, 0.2) is 30.3 Å². The van der Waals surface area contributed by atoms with Crippen molar-refractivity contribution in [1.29, 1.82) is 0 Å². The number of aromatic hydroxyl groups is 2. The molecule has 0 saturated heterocycles. The Balaban J connectivity index is 2.88. The van der Waals surface area contributed by atoms with Gasteiger partial charge in [-0.1, -0.05) is 24.3 Å². The Hall–Kier alpha value is -2.30. The second kappa shape index (κ2) is 3.13. The highest BCUT2D eigenvalue weighted by molar-refractivity contribution is 5.93. The van der Waals surface area contributed by atoms with E-state index in [1.807, 2.05) is 0 Å². The van der Waals surface area contributed by atoms with E-state index in [-0.39, 0.29) is 0 Å². The van der Waals surface area contributed by atoms with Crippen molar-refractivity contribution < 1.29 is 15.1 Å². The lowest BCUT2D eigenvalue weighted by Crippen LogP contribution is -1.89. The lowest BCUT2D eigenvalue weighted by atomic mass is 10.1. The Labute approximate surface area is 84.4 Å². The molecule has 5 nitrogen and oxygen atoms in total. The number of nitro benzene ring substituents is 1. The normalized spacial score (nSPS) is 10.4. The molecule has 5 heteroatoms. The molecule has 0 aliphatic carbocycles. The first kappa shape index (κ1) is 9.26. The topological polar surface area (TPSA) is 83.6 Å². The predicted octanol–water partition coefficient (Wildman–Crippen LogP) is 2.16. The number of benzene rings is 2. The van der Waals surface area contributed by atoms with Crippen molar-refractivity contribution in [2.24, 2.45) is 0 Å². The molecule has 0 unspecified atom stereocenters. The SMILES string of the molecule is O=[N+]([O-])c1cc2ccccc2c(O)c1O. The molecule has 0 aromatic heterocycles. The molecule has 0 radical (unpaired) electrons. The van der Waals surface area contributed by atoms with E-state index < -0.39 is 22.1 Å². The summed E-state index contributed by atoms with van der Waals surface area (Å²) in [4.78, 5) is 9.82. The van der Waals surface area contributed by atoms with Gasteiger partial charge in [-0.05, 0) is 5.39 Å². The molecule has 0 spiro atoms. The van der Waals surface area contributed by atoms with E-state index in [0.29, 0.717) is 10.8 Å². The maximum Gasteiger partial charge on any atom is 0.315 e. The molecule has 0 aliphatic rings. The van der Waals surface area contributed by atoms with Crippen molar-refractivity contribution in [3.8, 4) is 11.5 Å². The average Bonchev–Trinajstić information content (AvgIpc) is 2.23. The van der Waals surface area contributed by atoms with Crippen molar-refractivity contribution >= 4 is 16.5 Å². The van der Waals surface area contributed by atoms with E-state index in [4.69, 9.17) is 0 Å². The summed E-state index contributed by atoms with van der Waals surface area (Å²) in [6.45, 7) is 0. The standard InChI is InChI=1S/C10H7NO4/c12-9-7-4-2-1-3-6(7)5-8(10(9)13)11(14)15/h1-5,12-13H. The molecule has 0 aliphatic heterocycles. The molecule has 15 heavy (non-hydrogen) atoms. The number of nitrogens with zero attached hydrogens (tertiary/aromatic N) is 1. The smallest absolute Gasteiger partial charge is 0.315 e. The fourth-order valence-electron chi connectivity index (χ4n) is 1.44. The zero-order valence-corrected chi connectivity index (χ0v) is 7.54. The number of phenolic OH excluding ortho intramolecular Hbond substituents is 2. The number of hydrogen-bond acceptors (Lipinski definition) is 4. The molecule has 2 aromatic carbocycles. The van der Waals surface area contributed by atoms with Crippen LogP contribution in [0.1, 0.15) is 0 Å². The Morgan fingerprint density at radius 1 is 1.13 bits per heavy atom. The van der Waals surface area contributed by atoms with Gasteiger partial charge in [-0.2, -0.15) is 0 Å². The van der Waals surface area contributed by atoms with Gasteiger partial charge in [-0.25, -0.2) is 0 Å². The quantitative estimate of drug-likeness (QED) is 0.424. The Morgan fingerprint density at radius 2 is 1.80 bits per heavy atom. The summed E-state index contributed by atoms with van der Waals surface area (Å²) in [5.74, 6) is -1.15. The lowest BCUT2D eigenvalue weighted by molar-refractivity contribution is -0.385. The first-order chi connectivity index (χ1) is 7.11. The van der Waals surface area contributed by atoms with Crippen LogP contribution in [0.5, 0.6) is 11.5 Å². The molecular formula is C10H7NO4. The van der Waals surface area contributed by atoms with Gasteiger partial charge in [0.2, 0.25) is 5.75 Å². The minimum atomic E-state index is -0.735. The van der Waals surface area contributed by atoms with Crippen molar-refractivity contribution in [3.63, 3.8) is 0 Å². The van der Waals surface area contributed by atoms with Crippen LogP contribution < -0.4 is 0 Å².